The van der Waals surface area contributed by atoms with Crippen LogP contribution in [0.15, 0.2) is 23.3 Å². The molecular weight excluding hydrogens is 184 g/mol. The summed E-state index contributed by atoms with van der Waals surface area (Å²) in [6.45, 7) is 4.10. The third-order valence-electron chi connectivity index (χ3n) is 4.67. The second kappa shape index (κ2) is 2.84. The number of hydrogen-bond acceptors (Lipinski definition) is 1. The van der Waals surface area contributed by atoms with E-state index in [0.29, 0.717) is 23.0 Å². The van der Waals surface area contributed by atoms with E-state index >= 15 is 0 Å². The van der Waals surface area contributed by atoms with Gasteiger partial charge in [0.15, 0.2) is 5.78 Å². The van der Waals surface area contributed by atoms with Gasteiger partial charge in [-0.3, -0.25) is 4.79 Å². The first kappa shape index (κ1) is 9.38. The first-order valence-electron chi connectivity index (χ1n) is 6.04. The molecule has 0 bridgehead atoms. The SMILES string of the molecule is CC(=O)C1=CCCC2=CCC[C@]3(C)[C@H]1[C@H]23. The number of rotatable bonds is 1. The van der Waals surface area contributed by atoms with Gasteiger partial charge in [0, 0.05) is 5.92 Å². The van der Waals surface area contributed by atoms with Gasteiger partial charge in [-0.15, -0.1) is 0 Å². The Labute approximate surface area is 91.2 Å². The summed E-state index contributed by atoms with van der Waals surface area (Å²) >= 11 is 0. The topological polar surface area (TPSA) is 17.1 Å². The number of carbonyl (C=O) groups excluding carboxylic acids is 1. The summed E-state index contributed by atoms with van der Waals surface area (Å²) in [5, 5.41) is 0. The Morgan fingerprint density at radius 3 is 2.87 bits per heavy atom. The maximum atomic E-state index is 11.6. The van der Waals surface area contributed by atoms with Crippen LogP contribution < -0.4 is 0 Å². The first-order valence-corrected chi connectivity index (χ1v) is 6.04. The molecule has 0 aromatic heterocycles. The lowest BCUT2D eigenvalue weighted by atomic mass is 9.86. The van der Waals surface area contributed by atoms with Crippen LogP contribution in [0.25, 0.3) is 0 Å². The van der Waals surface area contributed by atoms with Crippen LogP contribution in [0, 0.1) is 17.3 Å². The average Bonchev–Trinajstić information content (AvgIpc) is 2.84. The molecule has 15 heavy (non-hydrogen) atoms. The Kier molecular flexibility index (Phi) is 1.78. The zero-order valence-corrected chi connectivity index (χ0v) is 9.55. The Bertz CT molecular complexity index is 388. The van der Waals surface area contributed by atoms with Crippen molar-refractivity contribution in [2.45, 2.75) is 39.5 Å². The Morgan fingerprint density at radius 1 is 1.33 bits per heavy atom. The molecule has 1 nitrogen and oxygen atoms in total. The molecule has 1 heteroatoms. The number of hydrogen-bond donors (Lipinski definition) is 0. The van der Waals surface area contributed by atoms with Crippen molar-refractivity contribution in [1.82, 2.24) is 0 Å². The molecule has 0 heterocycles. The zero-order chi connectivity index (χ0) is 10.6. The molecule has 0 radical (unpaired) electrons. The summed E-state index contributed by atoms with van der Waals surface area (Å²) < 4.78 is 0. The summed E-state index contributed by atoms with van der Waals surface area (Å²) in [4.78, 5) is 11.6. The minimum absolute atomic E-state index is 0.303. The van der Waals surface area contributed by atoms with Crippen molar-refractivity contribution in [3.05, 3.63) is 23.3 Å². The van der Waals surface area contributed by atoms with E-state index in [9.17, 15) is 4.79 Å². The second-order valence-electron chi connectivity index (χ2n) is 5.53. The summed E-state index contributed by atoms with van der Waals surface area (Å²) in [5.74, 6) is 1.58. The van der Waals surface area contributed by atoms with Gasteiger partial charge in [0.2, 0.25) is 0 Å². The lowest BCUT2D eigenvalue weighted by molar-refractivity contribution is -0.114. The molecule has 3 atom stereocenters. The summed E-state index contributed by atoms with van der Waals surface area (Å²) in [5.41, 5.74) is 3.20. The van der Waals surface area contributed by atoms with Gasteiger partial charge in [0.05, 0.1) is 0 Å². The zero-order valence-electron chi connectivity index (χ0n) is 9.55. The highest BCUT2D eigenvalue weighted by Gasteiger charge is 2.64. The molecule has 0 aromatic rings. The average molecular weight is 202 g/mol. The molecule has 0 unspecified atom stereocenters. The number of Topliss-reactive ketones (excluding diaryl/α,β-unsaturated/α-hetero) is 1. The van der Waals surface area contributed by atoms with Gasteiger partial charge in [0.1, 0.15) is 0 Å². The lowest BCUT2D eigenvalue weighted by Gasteiger charge is -2.18. The molecule has 3 rings (SSSR count). The predicted molar refractivity (Wildman–Crippen MR) is 60.4 cm³/mol. The van der Waals surface area contributed by atoms with Gasteiger partial charge in [-0.1, -0.05) is 24.6 Å². The molecule has 0 saturated heterocycles. The van der Waals surface area contributed by atoms with Gasteiger partial charge < -0.3 is 0 Å². The number of fused-ring (bicyclic) bond motifs is 1. The van der Waals surface area contributed by atoms with Crippen molar-refractivity contribution in [1.29, 1.82) is 0 Å². The van der Waals surface area contributed by atoms with Crippen molar-refractivity contribution in [2.24, 2.45) is 17.3 Å². The van der Waals surface area contributed by atoms with Gasteiger partial charge in [-0.05, 0) is 49.5 Å². The van der Waals surface area contributed by atoms with Gasteiger partial charge in [-0.2, -0.15) is 0 Å². The number of carbonyl (C=O) groups is 1. The van der Waals surface area contributed by atoms with Crippen molar-refractivity contribution in [2.75, 3.05) is 0 Å². The molecule has 1 saturated carbocycles. The standard InChI is InChI=1S/C14H18O/c1-9(15)11-7-3-5-10-6-4-8-14(2)12(10)13(11)14/h6-7,12-13H,3-5,8H2,1-2H3/t12-,13+,14-/m0/s1. The molecular formula is C14H18O. The largest absolute Gasteiger partial charge is 0.295 e. The van der Waals surface area contributed by atoms with Crippen LogP contribution in [0.2, 0.25) is 0 Å². The van der Waals surface area contributed by atoms with Crippen LogP contribution in [-0.4, -0.2) is 5.78 Å². The van der Waals surface area contributed by atoms with E-state index in [2.05, 4.69) is 19.1 Å². The van der Waals surface area contributed by atoms with Crippen LogP contribution in [0.3, 0.4) is 0 Å². The maximum absolute atomic E-state index is 11.6. The minimum Gasteiger partial charge on any atom is -0.295 e. The van der Waals surface area contributed by atoms with Gasteiger partial charge >= 0.3 is 0 Å². The Morgan fingerprint density at radius 2 is 2.13 bits per heavy atom. The Balaban J connectivity index is 2.03. The second-order valence-corrected chi connectivity index (χ2v) is 5.53. The van der Waals surface area contributed by atoms with Crippen molar-refractivity contribution in [3.8, 4) is 0 Å². The van der Waals surface area contributed by atoms with Gasteiger partial charge in [-0.25, -0.2) is 0 Å². The first-order chi connectivity index (χ1) is 7.14. The lowest BCUT2D eigenvalue weighted by Crippen LogP contribution is -2.08. The van der Waals surface area contributed by atoms with E-state index < -0.39 is 0 Å². The summed E-state index contributed by atoms with van der Waals surface area (Å²) in [6, 6.07) is 0. The van der Waals surface area contributed by atoms with Gasteiger partial charge in [0.25, 0.3) is 0 Å². The number of allylic oxidation sites excluding steroid dienone is 4. The van der Waals surface area contributed by atoms with E-state index in [1.165, 1.54) is 19.3 Å². The minimum atomic E-state index is 0.303. The molecule has 0 N–H and O–H groups in total. The number of ketones is 1. The molecule has 0 amide bonds. The fraction of sp³-hybridized carbons (Fsp3) is 0.643. The summed E-state index contributed by atoms with van der Waals surface area (Å²) in [6.07, 6.45) is 9.40. The van der Waals surface area contributed by atoms with E-state index in [1.807, 2.05) is 0 Å². The van der Waals surface area contributed by atoms with E-state index in [4.69, 9.17) is 0 Å². The highest BCUT2D eigenvalue weighted by Crippen LogP contribution is 2.70. The fourth-order valence-corrected chi connectivity index (χ4v) is 3.89. The molecule has 0 spiro atoms. The third-order valence-corrected chi connectivity index (χ3v) is 4.67. The molecule has 0 aliphatic heterocycles. The maximum Gasteiger partial charge on any atom is 0.155 e. The third kappa shape index (κ3) is 1.12. The van der Waals surface area contributed by atoms with Crippen LogP contribution >= 0.6 is 0 Å². The van der Waals surface area contributed by atoms with Crippen LogP contribution in [0.5, 0.6) is 0 Å². The fourth-order valence-electron chi connectivity index (χ4n) is 3.89. The molecule has 3 aliphatic carbocycles. The predicted octanol–water partition coefficient (Wildman–Crippen LogP) is 3.27. The van der Waals surface area contributed by atoms with Crippen LogP contribution in [0.4, 0.5) is 0 Å². The summed E-state index contributed by atoms with van der Waals surface area (Å²) in [7, 11) is 0. The van der Waals surface area contributed by atoms with Crippen molar-refractivity contribution < 1.29 is 4.79 Å². The van der Waals surface area contributed by atoms with Crippen molar-refractivity contribution >= 4 is 5.78 Å². The Hall–Kier alpha value is -0.850. The molecule has 0 aromatic carbocycles. The normalized spacial score (nSPS) is 42.3. The van der Waals surface area contributed by atoms with E-state index in [-0.39, 0.29) is 0 Å². The monoisotopic (exact) mass is 202 g/mol. The van der Waals surface area contributed by atoms with Crippen LogP contribution in [-0.2, 0) is 4.79 Å². The highest BCUT2D eigenvalue weighted by atomic mass is 16.1. The molecule has 1 fully saturated rings. The quantitative estimate of drug-likeness (QED) is 0.596. The van der Waals surface area contributed by atoms with E-state index in [1.54, 1.807) is 12.5 Å². The van der Waals surface area contributed by atoms with E-state index in [0.717, 1.165) is 12.0 Å². The molecule has 3 aliphatic rings. The van der Waals surface area contributed by atoms with Crippen molar-refractivity contribution in [3.63, 3.8) is 0 Å². The highest BCUT2D eigenvalue weighted by molar-refractivity contribution is 5.95. The molecule has 80 valence electrons. The smallest absolute Gasteiger partial charge is 0.155 e. The van der Waals surface area contributed by atoms with Crippen LogP contribution in [0.1, 0.15) is 39.5 Å².